The van der Waals surface area contributed by atoms with Gasteiger partial charge in [-0.25, -0.2) is 0 Å². The second-order valence-corrected chi connectivity index (χ2v) is 4.17. The average molecular weight is 233 g/mol. The first-order chi connectivity index (χ1) is 8.16. The summed E-state index contributed by atoms with van der Waals surface area (Å²) in [5.41, 5.74) is 0.580. The fraction of sp³-hybridized carbons (Fsp3) is 0.385. The molecule has 0 bridgehead atoms. The van der Waals surface area contributed by atoms with Crippen LogP contribution in [0.2, 0.25) is 0 Å². The van der Waals surface area contributed by atoms with Gasteiger partial charge in [0.2, 0.25) is 5.91 Å². The van der Waals surface area contributed by atoms with E-state index in [0.29, 0.717) is 24.3 Å². The van der Waals surface area contributed by atoms with Gasteiger partial charge >= 0.3 is 0 Å². The normalized spacial score (nSPS) is 18.9. The van der Waals surface area contributed by atoms with Crippen LogP contribution in [0.3, 0.4) is 0 Å². The molecule has 17 heavy (non-hydrogen) atoms. The molecule has 1 heterocycles. The predicted molar refractivity (Wildman–Crippen MR) is 63.1 cm³/mol. The van der Waals surface area contributed by atoms with E-state index in [0.717, 1.165) is 6.42 Å². The maximum atomic E-state index is 11.4. The van der Waals surface area contributed by atoms with Crippen LogP contribution >= 0.6 is 0 Å². The van der Waals surface area contributed by atoms with E-state index in [9.17, 15) is 9.59 Å². The zero-order valence-corrected chi connectivity index (χ0v) is 9.73. The van der Waals surface area contributed by atoms with Gasteiger partial charge in [0, 0.05) is 6.42 Å². The van der Waals surface area contributed by atoms with Crippen LogP contribution in [0, 0.1) is 0 Å². The highest BCUT2D eigenvalue weighted by Gasteiger charge is 2.21. The number of carbonyl (C=O) groups excluding carboxylic acids is 2. The van der Waals surface area contributed by atoms with Crippen molar-refractivity contribution in [2.75, 3.05) is 6.61 Å². The Kier molecular flexibility index (Phi) is 3.42. The Morgan fingerprint density at radius 3 is 2.88 bits per heavy atom. The fourth-order valence-electron chi connectivity index (χ4n) is 1.88. The van der Waals surface area contributed by atoms with Crippen molar-refractivity contribution in [3.63, 3.8) is 0 Å². The largest absolute Gasteiger partial charge is 0.491 e. The zero-order chi connectivity index (χ0) is 12.3. The van der Waals surface area contributed by atoms with Crippen LogP contribution in [0.1, 0.15) is 30.1 Å². The topological polar surface area (TPSA) is 55.4 Å². The summed E-state index contributed by atoms with van der Waals surface area (Å²) in [7, 11) is 0. The number of benzene rings is 1. The van der Waals surface area contributed by atoms with E-state index in [-0.39, 0.29) is 17.7 Å². The zero-order valence-electron chi connectivity index (χ0n) is 9.73. The molecule has 0 saturated carbocycles. The minimum absolute atomic E-state index is 0.0175. The van der Waals surface area contributed by atoms with Crippen molar-refractivity contribution in [2.45, 2.75) is 25.8 Å². The SMILES string of the molecule is CC(=O)c1ccccc1OCC1CCC(=O)N1. The van der Waals surface area contributed by atoms with Gasteiger partial charge in [-0.05, 0) is 25.5 Å². The van der Waals surface area contributed by atoms with Gasteiger partial charge in [-0.3, -0.25) is 9.59 Å². The number of nitrogens with one attached hydrogen (secondary N) is 1. The molecule has 1 saturated heterocycles. The molecule has 0 aromatic heterocycles. The van der Waals surface area contributed by atoms with Crippen LogP contribution < -0.4 is 10.1 Å². The Hall–Kier alpha value is -1.84. The molecule has 90 valence electrons. The summed E-state index contributed by atoms with van der Waals surface area (Å²) >= 11 is 0. The summed E-state index contributed by atoms with van der Waals surface area (Å²) in [6.07, 6.45) is 1.35. The minimum Gasteiger partial charge on any atom is -0.491 e. The maximum absolute atomic E-state index is 11.4. The van der Waals surface area contributed by atoms with Gasteiger partial charge in [-0.2, -0.15) is 0 Å². The van der Waals surface area contributed by atoms with Crippen LogP contribution in [-0.4, -0.2) is 24.3 Å². The van der Waals surface area contributed by atoms with Crippen molar-refractivity contribution in [1.29, 1.82) is 0 Å². The molecule has 1 fully saturated rings. The van der Waals surface area contributed by atoms with Gasteiger partial charge in [0.05, 0.1) is 11.6 Å². The van der Waals surface area contributed by atoms with Crippen molar-refractivity contribution in [1.82, 2.24) is 5.32 Å². The smallest absolute Gasteiger partial charge is 0.220 e. The number of ether oxygens (including phenoxy) is 1. The van der Waals surface area contributed by atoms with E-state index in [1.165, 1.54) is 6.92 Å². The summed E-state index contributed by atoms with van der Waals surface area (Å²) in [4.78, 5) is 22.4. The Bertz CT molecular complexity index is 442. The summed E-state index contributed by atoms with van der Waals surface area (Å²) in [6.45, 7) is 1.93. The molecule has 1 N–H and O–H groups in total. The molecule has 2 rings (SSSR count). The molecular weight excluding hydrogens is 218 g/mol. The second-order valence-electron chi connectivity index (χ2n) is 4.17. The first kappa shape index (κ1) is 11.6. The second kappa shape index (κ2) is 4.99. The number of carbonyl (C=O) groups is 2. The third-order valence-electron chi connectivity index (χ3n) is 2.79. The minimum atomic E-state index is -0.0175. The Morgan fingerprint density at radius 2 is 2.24 bits per heavy atom. The van der Waals surface area contributed by atoms with Crippen LogP contribution in [0.25, 0.3) is 0 Å². The number of rotatable bonds is 4. The maximum Gasteiger partial charge on any atom is 0.220 e. The van der Waals surface area contributed by atoms with Crippen LogP contribution in [0.5, 0.6) is 5.75 Å². The van der Waals surface area contributed by atoms with Crippen molar-refractivity contribution >= 4 is 11.7 Å². The van der Waals surface area contributed by atoms with Crippen molar-refractivity contribution in [3.8, 4) is 5.75 Å². The Morgan fingerprint density at radius 1 is 1.47 bits per heavy atom. The molecule has 0 spiro atoms. The van der Waals surface area contributed by atoms with E-state index in [2.05, 4.69) is 5.32 Å². The van der Waals surface area contributed by atoms with E-state index in [4.69, 9.17) is 4.74 Å². The number of para-hydroxylation sites is 1. The fourth-order valence-corrected chi connectivity index (χ4v) is 1.88. The van der Waals surface area contributed by atoms with Crippen LogP contribution in [-0.2, 0) is 4.79 Å². The number of hydrogen-bond acceptors (Lipinski definition) is 3. The summed E-state index contributed by atoms with van der Waals surface area (Å²) < 4.78 is 5.60. The van der Waals surface area contributed by atoms with Gasteiger partial charge in [0.15, 0.2) is 5.78 Å². The first-order valence-electron chi connectivity index (χ1n) is 5.69. The van der Waals surface area contributed by atoms with Gasteiger partial charge < -0.3 is 10.1 Å². The summed E-state index contributed by atoms with van der Waals surface area (Å²) in [5, 5.41) is 2.82. The van der Waals surface area contributed by atoms with Crippen LogP contribution in [0.4, 0.5) is 0 Å². The van der Waals surface area contributed by atoms with Gasteiger partial charge in [-0.1, -0.05) is 12.1 Å². The first-order valence-corrected chi connectivity index (χ1v) is 5.69. The van der Waals surface area contributed by atoms with E-state index in [1.807, 2.05) is 6.07 Å². The lowest BCUT2D eigenvalue weighted by molar-refractivity contribution is -0.119. The van der Waals surface area contributed by atoms with Crippen LogP contribution in [0.15, 0.2) is 24.3 Å². The summed E-state index contributed by atoms with van der Waals surface area (Å²) in [5.74, 6) is 0.635. The number of hydrogen-bond donors (Lipinski definition) is 1. The number of ketones is 1. The molecule has 1 aliphatic rings. The third-order valence-corrected chi connectivity index (χ3v) is 2.79. The molecule has 1 unspecified atom stereocenters. The molecule has 4 nitrogen and oxygen atoms in total. The predicted octanol–water partition coefficient (Wildman–Crippen LogP) is 1.55. The molecule has 0 radical (unpaired) electrons. The molecular formula is C13H15NO3. The molecule has 4 heteroatoms. The Balaban J connectivity index is 1.99. The number of Topliss-reactive ketones (excluding diaryl/α,β-unsaturated/α-hetero) is 1. The quantitative estimate of drug-likeness (QED) is 0.803. The average Bonchev–Trinajstić information content (AvgIpc) is 2.73. The monoisotopic (exact) mass is 233 g/mol. The molecule has 1 aliphatic heterocycles. The van der Waals surface area contributed by atoms with Gasteiger partial charge in [0.1, 0.15) is 12.4 Å². The summed E-state index contributed by atoms with van der Waals surface area (Å²) in [6, 6.07) is 7.21. The van der Waals surface area contributed by atoms with Crippen molar-refractivity contribution in [3.05, 3.63) is 29.8 Å². The lowest BCUT2D eigenvalue weighted by atomic mass is 10.1. The number of amides is 1. The molecule has 1 atom stereocenters. The van der Waals surface area contributed by atoms with E-state index in [1.54, 1.807) is 18.2 Å². The van der Waals surface area contributed by atoms with Gasteiger partial charge in [-0.15, -0.1) is 0 Å². The molecule has 0 aliphatic carbocycles. The highest BCUT2D eigenvalue weighted by molar-refractivity contribution is 5.96. The van der Waals surface area contributed by atoms with Gasteiger partial charge in [0.25, 0.3) is 0 Å². The third kappa shape index (κ3) is 2.84. The highest BCUT2D eigenvalue weighted by Crippen LogP contribution is 2.19. The lowest BCUT2D eigenvalue weighted by Crippen LogP contribution is -2.31. The van der Waals surface area contributed by atoms with E-state index < -0.39 is 0 Å². The molecule has 1 aromatic carbocycles. The lowest BCUT2D eigenvalue weighted by Gasteiger charge is -2.13. The molecule has 1 aromatic rings. The van der Waals surface area contributed by atoms with E-state index >= 15 is 0 Å². The Labute approximate surface area is 100.0 Å². The van der Waals surface area contributed by atoms with Crippen molar-refractivity contribution in [2.24, 2.45) is 0 Å². The van der Waals surface area contributed by atoms with Crippen molar-refractivity contribution < 1.29 is 14.3 Å². The standard InChI is InChI=1S/C13H15NO3/c1-9(15)11-4-2-3-5-12(11)17-8-10-6-7-13(16)14-10/h2-5,10H,6-8H2,1H3,(H,14,16). The highest BCUT2D eigenvalue weighted by atomic mass is 16.5. The molecule has 1 amide bonds.